The summed E-state index contributed by atoms with van der Waals surface area (Å²) >= 11 is 5.11. The van der Waals surface area contributed by atoms with Crippen molar-refractivity contribution in [1.29, 1.82) is 0 Å². The molecular weight excluding hydrogens is 300 g/mol. The number of rotatable bonds is 4. The fourth-order valence-electron chi connectivity index (χ4n) is 1.46. The molecule has 0 radical (unpaired) electrons. The predicted octanol–water partition coefficient (Wildman–Crippen LogP) is 2.61. The van der Waals surface area contributed by atoms with Gasteiger partial charge in [0.05, 0.1) is 0 Å². The van der Waals surface area contributed by atoms with Crippen LogP contribution >= 0.6 is 27.7 Å². The number of hydrogen-bond donors (Lipinski definition) is 2. The second-order valence-electron chi connectivity index (χ2n) is 3.83. The van der Waals surface area contributed by atoms with E-state index in [0.717, 1.165) is 20.9 Å². The molecule has 1 aromatic carbocycles. The lowest BCUT2D eigenvalue weighted by molar-refractivity contribution is 0.735. The van der Waals surface area contributed by atoms with Crippen molar-refractivity contribution in [1.82, 2.24) is 15.2 Å². The number of hydrogen-bond acceptors (Lipinski definition) is 4. The topological polar surface area (TPSA) is 67.6 Å². The summed E-state index contributed by atoms with van der Waals surface area (Å²) in [7, 11) is 0. The number of nitrogens with zero attached hydrogens (tertiary/aromatic N) is 2. The molecule has 1 unspecified atom stereocenters. The zero-order valence-electron chi connectivity index (χ0n) is 9.35. The molecule has 6 heteroatoms. The minimum absolute atomic E-state index is 0.166. The third-order valence-electron chi connectivity index (χ3n) is 2.17. The molecule has 17 heavy (non-hydrogen) atoms. The molecule has 1 aromatic heterocycles. The van der Waals surface area contributed by atoms with E-state index in [9.17, 15) is 0 Å². The highest BCUT2D eigenvalue weighted by molar-refractivity contribution is 9.10. The van der Waals surface area contributed by atoms with Gasteiger partial charge in [0.25, 0.3) is 0 Å². The van der Waals surface area contributed by atoms with Gasteiger partial charge in [-0.3, -0.25) is 5.10 Å². The van der Waals surface area contributed by atoms with Gasteiger partial charge in [0, 0.05) is 15.4 Å². The van der Waals surface area contributed by atoms with Gasteiger partial charge in [-0.05, 0) is 31.0 Å². The van der Waals surface area contributed by atoms with E-state index in [1.807, 2.05) is 6.92 Å². The number of nitrogens with two attached hydrogens (primary N) is 1. The summed E-state index contributed by atoms with van der Waals surface area (Å²) in [6.07, 6.45) is 2.37. The summed E-state index contributed by atoms with van der Waals surface area (Å²) < 4.78 is 1.08. The molecule has 0 amide bonds. The van der Waals surface area contributed by atoms with Crippen LogP contribution in [0.15, 0.2) is 39.1 Å². The highest BCUT2D eigenvalue weighted by atomic mass is 79.9. The van der Waals surface area contributed by atoms with E-state index >= 15 is 0 Å². The molecule has 0 saturated heterocycles. The average molecular weight is 313 g/mol. The number of nitrogens with one attached hydrogen (secondary N) is 1. The number of aromatic amines is 1. The van der Waals surface area contributed by atoms with Gasteiger partial charge < -0.3 is 5.73 Å². The van der Waals surface area contributed by atoms with Crippen LogP contribution in [-0.4, -0.2) is 21.2 Å². The van der Waals surface area contributed by atoms with Crippen molar-refractivity contribution in [2.75, 3.05) is 0 Å². The Morgan fingerprint density at radius 2 is 2.35 bits per heavy atom. The Bertz CT molecular complexity index is 484. The summed E-state index contributed by atoms with van der Waals surface area (Å²) in [5, 5.41) is 7.42. The van der Waals surface area contributed by atoms with Crippen LogP contribution in [0, 0.1) is 0 Å². The van der Waals surface area contributed by atoms with Crippen molar-refractivity contribution >= 4 is 27.7 Å². The standard InChI is InChI=1S/C11H13BrN4S/c1-7(13)4-8-2-3-9(5-10(8)12)17-11-14-6-15-16-11/h2-3,5-7H,4,13H2,1H3,(H,14,15,16). The molecule has 3 N–H and O–H groups in total. The second kappa shape index (κ2) is 5.66. The average Bonchev–Trinajstić information content (AvgIpc) is 2.74. The SMILES string of the molecule is CC(N)Cc1ccc(Sc2ncn[nH]2)cc1Br. The summed E-state index contributed by atoms with van der Waals surface area (Å²) in [4.78, 5) is 5.19. The largest absolute Gasteiger partial charge is 0.328 e. The van der Waals surface area contributed by atoms with Gasteiger partial charge in [0.15, 0.2) is 5.16 Å². The molecule has 90 valence electrons. The van der Waals surface area contributed by atoms with E-state index < -0.39 is 0 Å². The van der Waals surface area contributed by atoms with Crippen LogP contribution in [0.1, 0.15) is 12.5 Å². The van der Waals surface area contributed by atoms with Crippen molar-refractivity contribution in [3.8, 4) is 0 Å². The first kappa shape index (κ1) is 12.6. The Kier molecular flexibility index (Phi) is 4.20. The smallest absolute Gasteiger partial charge is 0.188 e. The molecule has 2 aromatic rings. The molecule has 0 saturated carbocycles. The highest BCUT2D eigenvalue weighted by Gasteiger charge is 2.06. The van der Waals surface area contributed by atoms with Gasteiger partial charge >= 0.3 is 0 Å². The van der Waals surface area contributed by atoms with Crippen LogP contribution in [0.4, 0.5) is 0 Å². The van der Waals surface area contributed by atoms with Gasteiger partial charge in [0.1, 0.15) is 6.33 Å². The molecule has 4 nitrogen and oxygen atoms in total. The molecule has 0 aliphatic carbocycles. The first-order chi connectivity index (χ1) is 8.15. The van der Waals surface area contributed by atoms with Crippen molar-refractivity contribution in [2.45, 2.75) is 29.4 Å². The lowest BCUT2D eigenvalue weighted by atomic mass is 10.1. The highest BCUT2D eigenvalue weighted by Crippen LogP contribution is 2.29. The maximum absolute atomic E-state index is 5.79. The minimum Gasteiger partial charge on any atom is -0.328 e. The number of H-pyrrole nitrogens is 1. The number of halogens is 1. The molecule has 0 bridgehead atoms. The molecule has 0 fully saturated rings. The first-order valence-corrected chi connectivity index (χ1v) is 6.83. The molecule has 2 rings (SSSR count). The molecule has 0 aliphatic heterocycles. The van der Waals surface area contributed by atoms with Gasteiger partial charge in [-0.2, -0.15) is 5.10 Å². The van der Waals surface area contributed by atoms with Crippen LogP contribution in [0.25, 0.3) is 0 Å². The molecule has 0 spiro atoms. The molecule has 1 atom stereocenters. The van der Waals surface area contributed by atoms with E-state index in [1.165, 1.54) is 11.9 Å². The number of aromatic nitrogens is 3. The zero-order chi connectivity index (χ0) is 12.3. The fraction of sp³-hybridized carbons (Fsp3) is 0.273. The van der Waals surface area contributed by atoms with E-state index in [2.05, 4.69) is 49.3 Å². The van der Waals surface area contributed by atoms with Crippen molar-refractivity contribution < 1.29 is 0 Å². The normalized spacial score (nSPS) is 12.6. The maximum atomic E-state index is 5.79. The van der Waals surface area contributed by atoms with Gasteiger partial charge in [-0.15, -0.1) is 0 Å². The van der Waals surface area contributed by atoms with E-state index in [0.29, 0.717) is 0 Å². The first-order valence-electron chi connectivity index (χ1n) is 5.22. The predicted molar refractivity (Wildman–Crippen MR) is 72.0 cm³/mol. The quantitative estimate of drug-likeness (QED) is 0.910. The monoisotopic (exact) mass is 312 g/mol. The van der Waals surface area contributed by atoms with Crippen LogP contribution in [0.2, 0.25) is 0 Å². The fourth-order valence-corrected chi connectivity index (χ4v) is 2.89. The summed E-state index contributed by atoms with van der Waals surface area (Å²) in [5.41, 5.74) is 7.02. The summed E-state index contributed by atoms with van der Waals surface area (Å²) in [5.74, 6) is 0. The Morgan fingerprint density at radius 1 is 1.53 bits per heavy atom. The molecule has 0 aliphatic rings. The van der Waals surface area contributed by atoms with Gasteiger partial charge in [-0.25, -0.2) is 4.98 Å². The minimum atomic E-state index is 0.166. The lowest BCUT2D eigenvalue weighted by Crippen LogP contribution is -2.17. The van der Waals surface area contributed by atoms with Crippen molar-refractivity contribution in [3.63, 3.8) is 0 Å². The zero-order valence-corrected chi connectivity index (χ0v) is 11.8. The second-order valence-corrected chi connectivity index (χ2v) is 5.74. The summed E-state index contributed by atoms with van der Waals surface area (Å²) in [6, 6.07) is 6.39. The van der Waals surface area contributed by atoms with Crippen LogP contribution < -0.4 is 5.73 Å². The lowest BCUT2D eigenvalue weighted by Gasteiger charge is -2.08. The van der Waals surface area contributed by atoms with E-state index in [4.69, 9.17) is 5.73 Å². The van der Waals surface area contributed by atoms with Crippen LogP contribution in [0.3, 0.4) is 0 Å². The van der Waals surface area contributed by atoms with Crippen LogP contribution in [-0.2, 0) is 6.42 Å². The third-order valence-corrected chi connectivity index (χ3v) is 3.79. The Morgan fingerprint density at radius 3 is 2.94 bits per heavy atom. The van der Waals surface area contributed by atoms with Crippen molar-refractivity contribution in [3.05, 3.63) is 34.6 Å². The third kappa shape index (κ3) is 3.55. The maximum Gasteiger partial charge on any atom is 0.188 e. The van der Waals surface area contributed by atoms with Gasteiger partial charge in [-0.1, -0.05) is 33.8 Å². The Labute approximate surface area is 113 Å². The Balaban J connectivity index is 2.13. The number of benzene rings is 1. The van der Waals surface area contributed by atoms with Crippen LogP contribution in [0.5, 0.6) is 0 Å². The molecule has 1 heterocycles. The van der Waals surface area contributed by atoms with Crippen molar-refractivity contribution in [2.24, 2.45) is 5.73 Å². The van der Waals surface area contributed by atoms with Gasteiger partial charge in [0.2, 0.25) is 0 Å². The Hall–Kier alpha value is -0.850. The van der Waals surface area contributed by atoms with E-state index in [1.54, 1.807) is 11.8 Å². The summed E-state index contributed by atoms with van der Waals surface area (Å²) in [6.45, 7) is 2.00. The van der Waals surface area contributed by atoms with E-state index in [-0.39, 0.29) is 6.04 Å². The molecular formula is C11H13BrN4S.